The van der Waals surface area contributed by atoms with Crippen LogP contribution in [0.3, 0.4) is 0 Å². The lowest BCUT2D eigenvalue weighted by Gasteiger charge is -2.33. The van der Waals surface area contributed by atoms with E-state index >= 15 is 0 Å². The second-order valence-electron chi connectivity index (χ2n) is 6.30. The third kappa shape index (κ3) is 4.25. The minimum atomic E-state index is -0.914. The van der Waals surface area contributed by atoms with E-state index in [2.05, 4.69) is 15.9 Å². The summed E-state index contributed by atoms with van der Waals surface area (Å²) in [5.41, 5.74) is 1.09. The van der Waals surface area contributed by atoms with Crippen molar-refractivity contribution in [3.8, 4) is 5.75 Å². The van der Waals surface area contributed by atoms with Gasteiger partial charge >= 0.3 is 6.09 Å². The van der Waals surface area contributed by atoms with Gasteiger partial charge in [0.15, 0.2) is 5.75 Å². The maximum atomic E-state index is 12.5. The van der Waals surface area contributed by atoms with E-state index in [-0.39, 0.29) is 5.75 Å². The number of benzene rings is 1. The largest absolute Gasteiger partial charge is 0.503 e. The average Bonchev–Trinajstić information content (AvgIpc) is 2.62. The monoisotopic (exact) mass is 421 g/mol. The summed E-state index contributed by atoms with van der Waals surface area (Å²) in [4.78, 5) is 26.8. The van der Waals surface area contributed by atoms with Gasteiger partial charge in [-0.2, -0.15) is 0 Å². The summed E-state index contributed by atoms with van der Waals surface area (Å²) in [6.45, 7) is 2.81. The van der Waals surface area contributed by atoms with Crippen LogP contribution in [0, 0.1) is 0 Å². The minimum absolute atomic E-state index is 0.247. The smallest absolute Gasteiger partial charge is 0.407 e. The van der Waals surface area contributed by atoms with Crippen LogP contribution in [0.1, 0.15) is 11.1 Å². The van der Waals surface area contributed by atoms with Crippen LogP contribution >= 0.6 is 15.9 Å². The number of carbonyl (C=O) groups is 1. The molecule has 1 aromatic carbocycles. The molecule has 26 heavy (non-hydrogen) atoms. The lowest BCUT2D eigenvalue weighted by molar-refractivity contribution is 0.102. The van der Waals surface area contributed by atoms with Crippen LogP contribution < -0.4 is 5.56 Å². The summed E-state index contributed by atoms with van der Waals surface area (Å²) in [5, 5.41) is 19.3. The summed E-state index contributed by atoms with van der Waals surface area (Å²) in [7, 11) is 0. The topological polar surface area (TPSA) is 86.0 Å². The van der Waals surface area contributed by atoms with Gasteiger partial charge in [-0.25, -0.2) is 4.79 Å². The van der Waals surface area contributed by atoms with E-state index in [4.69, 9.17) is 5.11 Å². The van der Waals surface area contributed by atoms with Crippen LogP contribution in [0.2, 0.25) is 0 Å². The molecule has 0 spiro atoms. The lowest BCUT2D eigenvalue weighted by atomic mass is 10.2. The highest BCUT2D eigenvalue weighted by atomic mass is 79.9. The fourth-order valence-electron chi connectivity index (χ4n) is 3.02. The molecule has 2 N–H and O–H groups in total. The van der Waals surface area contributed by atoms with Crippen LogP contribution in [0.5, 0.6) is 5.75 Å². The molecule has 1 aliphatic heterocycles. The molecule has 3 rings (SSSR count). The summed E-state index contributed by atoms with van der Waals surface area (Å²) in [5.74, 6) is -0.247. The van der Waals surface area contributed by atoms with Crippen molar-refractivity contribution in [2.24, 2.45) is 0 Å². The molecule has 1 fully saturated rings. The zero-order valence-electron chi connectivity index (χ0n) is 14.1. The Hall–Kier alpha value is -2.32. The number of rotatable bonds is 4. The van der Waals surface area contributed by atoms with Gasteiger partial charge in [-0.3, -0.25) is 9.69 Å². The molecule has 1 saturated heterocycles. The quantitative estimate of drug-likeness (QED) is 0.789. The highest BCUT2D eigenvalue weighted by Crippen LogP contribution is 2.17. The number of hydrogen-bond donors (Lipinski definition) is 2. The molecule has 1 aromatic heterocycles. The number of piperazine rings is 1. The van der Waals surface area contributed by atoms with Gasteiger partial charge in [0, 0.05) is 49.0 Å². The molecular formula is C18H20BrN3O4. The number of carboxylic acid groups (broad SMARTS) is 1. The zero-order valence-corrected chi connectivity index (χ0v) is 15.7. The Kier molecular flexibility index (Phi) is 5.63. The third-order valence-corrected chi connectivity index (χ3v) is 5.00. The van der Waals surface area contributed by atoms with E-state index in [0.717, 1.165) is 10.0 Å². The van der Waals surface area contributed by atoms with Crippen molar-refractivity contribution in [1.29, 1.82) is 0 Å². The Balaban J connectivity index is 1.70. The summed E-state index contributed by atoms with van der Waals surface area (Å²) < 4.78 is 2.41. The first kappa shape index (κ1) is 18.5. The molecule has 7 nitrogen and oxygen atoms in total. The van der Waals surface area contributed by atoms with Crippen LogP contribution in [0.25, 0.3) is 0 Å². The van der Waals surface area contributed by atoms with Crippen molar-refractivity contribution in [3.63, 3.8) is 0 Å². The van der Waals surface area contributed by atoms with Gasteiger partial charge in [0.1, 0.15) is 0 Å². The Bertz CT molecular complexity index is 860. The predicted molar refractivity (Wildman–Crippen MR) is 100 cm³/mol. The molecule has 0 bridgehead atoms. The number of halogens is 1. The lowest BCUT2D eigenvalue weighted by Crippen LogP contribution is -2.47. The molecule has 1 amide bonds. The highest BCUT2D eigenvalue weighted by Gasteiger charge is 2.21. The number of aromatic nitrogens is 1. The number of aromatic hydroxyl groups is 1. The van der Waals surface area contributed by atoms with E-state index in [1.165, 1.54) is 9.47 Å². The van der Waals surface area contributed by atoms with Gasteiger partial charge in [0.25, 0.3) is 5.56 Å². The van der Waals surface area contributed by atoms with Gasteiger partial charge in [-0.05, 0) is 23.8 Å². The fourth-order valence-corrected chi connectivity index (χ4v) is 3.47. The van der Waals surface area contributed by atoms with Crippen molar-refractivity contribution < 1.29 is 15.0 Å². The average molecular weight is 422 g/mol. The predicted octanol–water partition coefficient (Wildman–Crippen LogP) is 2.16. The molecule has 2 heterocycles. The highest BCUT2D eigenvalue weighted by molar-refractivity contribution is 9.10. The van der Waals surface area contributed by atoms with Gasteiger partial charge in [-0.15, -0.1) is 0 Å². The Labute approximate surface area is 159 Å². The van der Waals surface area contributed by atoms with E-state index < -0.39 is 11.7 Å². The summed E-state index contributed by atoms with van der Waals surface area (Å²) >= 11 is 3.41. The number of pyridine rings is 1. The summed E-state index contributed by atoms with van der Waals surface area (Å²) in [6.07, 6.45) is 0.772. The van der Waals surface area contributed by atoms with Crippen molar-refractivity contribution in [2.75, 3.05) is 26.2 Å². The van der Waals surface area contributed by atoms with E-state index in [1.54, 1.807) is 12.3 Å². The maximum absolute atomic E-state index is 12.5. The molecule has 0 saturated carbocycles. The maximum Gasteiger partial charge on any atom is 0.407 e. The molecule has 0 atom stereocenters. The van der Waals surface area contributed by atoms with Crippen LogP contribution in [0.15, 0.2) is 45.8 Å². The Morgan fingerprint density at radius 2 is 1.85 bits per heavy atom. The van der Waals surface area contributed by atoms with Gasteiger partial charge < -0.3 is 19.7 Å². The number of amides is 1. The third-order valence-electron chi connectivity index (χ3n) is 4.50. The zero-order chi connectivity index (χ0) is 18.7. The fraction of sp³-hybridized carbons (Fsp3) is 0.333. The van der Waals surface area contributed by atoms with Gasteiger partial charge in [-0.1, -0.05) is 28.1 Å². The van der Waals surface area contributed by atoms with Crippen molar-refractivity contribution in [1.82, 2.24) is 14.4 Å². The molecule has 2 aromatic rings. The van der Waals surface area contributed by atoms with Crippen molar-refractivity contribution >= 4 is 22.0 Å². The Morgan fingerprint density at radius 3 is 2.50 bits per heavy atom. The summed E-state index contributed by atoms with van der Waals surface area (Å²) in [6, 6.07) is 9.41. The number of nitrogens with zero attached hydrogens (tertiary/aromatic N) is 3. The number of hydrogen-bond acceptors (Lipinski definition) is 4. The molecule has 0 aliphatic carbocycles. The van der Waals surface area contributed by atoms with Crippen molar-refractivity contribution in [3.05, 3.63) is 62.5 Å². The van der Waals surface area contributed by atoms with Gasteiger partial charge in [0.05, 0.1) is 6.54 Å². The molecule has 138 valence electrons. The molecule has 0 radical (unpaired) electrons. The second kappa shape index (κ2) is 7.92. The molecule has 1 aliphatic rings. The Morgan fingerprint density at radius 1 is 1.12 bits per heavy atom. The SMILES string of the molecule is O=C(O)N1CCN(Cc2ccn(Cc3cccc(Br)c3)c(=O)c2O)CC1. The van der Waals surface area contributed by atoms with Gasteiger partial charge in [0.2, 0.25) is 0 Å². The van der Waals surface area contributed by atoms with E-state index in [1.807, 2.05) is 29.2 Å². The van der Waals surface area contributed by atoms with E-state index in [9.17, 15) is 14.7 Å². The minimum Gasteiger partial charge on any atom is -0.503 e. The van der Waals surface area contributed by atoms with Crippen molar-refractivity contribution in [2.45, 2.75) is 13.1 Å². The van der Waals surface area contributed by atoms with Crippen LogP contribution in [-0.2, 0) is 13.1 Å². The molecular weight excluding hydrogens is 402 g/mol. The molecule has 0 unspecified atom stereocenters. The van der Waals surface area contributed by atoms with E-state index in [0.29, 0.717) is 44.8 Å². The second-order valence-corrected chi connectivity index (χ2v) is 7.21. The first-order valence-electron chi connectivity index (χ1n) is 8.30. The van der Waals surface area contributed by atoms with Crippen LogP contribution in [-0.4, -0.2) is 56.9 Å². The normalized spacial score (nSPS) is 15.2. The molecule has 8 heteroatoms. The first-order valence-corrected chi connectivity index (χ1v) is 9.09. The standard InChI is InChI=1S/C18H20BrN3O4/c19-15-3-1-2-13(10-15)11-22-5-4-14(16(23)17(22)24)12-20-6-8-21(9-7-20)18(25)26/h1-5,10,23H,6-9,11-12H2,(H,25,26). The van der Waals surface area contributed by atoms with Crippen LogP contribution in [0.4, 0.5) is 4.79 Å². The first-order chi connectivity index (χ1) is 12.4.